The minimum atomic E-state index is -6.02. The van der Waals surface area contributed by atoms with Gasteiger partial charge in [-0.1, -0.05) is 36.4 Å². The van der Waals surface area contributed by atoms with Crippen molar-refractivity contribution in [3.05, 3.63) is 53.2 Å². The van der Waals surface area contributed by atoms with Crippen LogP contribution < -0.4 is 5.32 Å². The number of amides is 1. The molecular weight excluding hydrogens is 474 g/mol. The Morgan fingerprint density at radius 3 is 2.09 bits per heavy atom. The van der Waals surface area contributed by atoms with Crippen LogP contribution in [-0.2, 0) is 5.60 Å². The van der Waals surface area contributed by atoms with Gasteiger partial charge in [-0.3, -0.25) is 4.79 Å². The van der Waals surface area contributed by atoms with Crippen LogP contribution in [0.15, 0.2) is 42.6 Å². The molecule has 0 bridgehead atoms. The van der Waals surface area contributed by atoms with Gasteiger partial charge < -0.3 is 15.5 Å². The van der Waals surface area contributed by atoms with Crippen LogP contribution in [0.3, 0.4) is 0 Å². The second kappa shape index (κ2) is 8.26. The average Bonchev–Trinajstić information content (AvgIpc) is 3.18. The third-order valence-electron chi connectivity index (χ3n) is 4.78. The Bertz CT molecular complexity index is 1170. The predicted molar refractivity (Wildman–Crippen MR) is 110 cm³/mol. The van der Waals surface area contributed by atoms with Gasteiger partial charge in [-0.05, 0) is 24.6 Å². The van der Waals surface area contributed by atoms with Gasteiger partial charge in [0.05, 0.1) is 10.5 Å². The van der Waals surface area contributed by atoms with E-state index in [2.05, 4.69) is 10.3 Å². The predicted octanol–water partition coefficient (Wildman–Crippen LogP) is 4.78. The number of carbonyl (C=O) groups excluding carboxylic acids is 1. The molecular formula is C21H18F6N2O3S. The van der Waals surface area contributed by atoms with Crippen LogP contribution in [0.2, 0.25) is 0 Å². The van der Waals surface area contributed by atoms with Gasteiger partial charge in [-0.25, -0.2) is 4.98 Å². The van der Waals surface area contributed by atoms with Crippen LogP contribution in [0.4, 0.5) is 26.3 Å². The van der Waals surface area contributed by atoms with Crippen LogP contribution >= 0.6 is 11.3 Å². The molecule has 3 aromatic rings. The summed E-state index contributed by atoms with van der Waals surface area (Å²) in [5.74, 6) is -0.599. The Morgan fingerprint density at radius 1 is 0.970 bits per heavy atom. The minimum Gasteiger partial charge on any atom is -0.389 e. The van der Waals surface area contributed by atoms with Gasteiger partial charge in [0, 0.05) is 23.9 Å². The van der Waals surface area contributed by atoms with Crippen LogP contribution in [-0.4, -0.2) is 45.6 Å². The molecule has 3 rings (SSSR count). The summed E-state index contributed by atoms with van der Waals surface area (Å²) in [6.45, 7) is 2.90. The topological polar surface area (TPSA) is 82.5 Å². The molecule has 0 fully saturated rings. The molecule has 5 nitrogen and oxygen atoms in total. The van der Waals surface area contributed by atoms with Crippen molar-refractivity contribution in [2.75, 3.05) is 6.54 Å². The number of carbonyl (C=O) groups is 1. The maximum Gasteiger partial charge on any atom is 0.430 e. The second-order valence-corrected chi connectivity index (χ2v) is 8.97. The number of aromatic nitrogens is 1. The highest BCUT2D eigenvalue weighted by Crippen LogP contribution is 2.52. The van der Waals surface area contributed by atoms with E-state index in [1.165, 1.54) is 38.2 Å². The number of rotatable bonds is 5. The van der Waals surface area contributed by atoms with E-state index in [0.717, 1.165) is 23.5 Å². The van der Waals surface area contributed by atoms with E-state index in [1.807, 2.05) is 0 Å². The summed E-state index contributed by atoms with van der Waals surface area (Å²) in [5, 5.41) is 21.6. The van der Waals surface area contributed by atoms with Crippen molar-refractivity contribution in [1.82, 2.24) is 10.3 Å². The fourth-order valence-electron chi connectivity index (χ4n) is 3.17. The van der Waals surface area contributed by atoms with E-state index in [1.54, 1.807) is 0 Å². The fraction of sp³-hybridized carbons (Fsp3) is 0.333. The number of hydrogen-bond acceptors (Lipinski definition) is 5. The molecule has 1 heterocycles. The summed E-state index contributed by atoms with van der Waals surface area (Å²) in [5.41, 5.74) is -7.36. The summed E-state index contributed by atoms with van der Waals surface area (Å²) in [6.07, 6.45) is -10.8. The van der Waals surface area contributed by atoms with Crippen molar-refractivity contribution >= 4 is 28.0 Å². The lowest BCUT2D eigenvalue weighted by Crippen LogP contribution is -2.54. The largest absolute Gasteiger partial charge is 0.430 e. The van der Waals surface area contributed by atoms with Crippen molar-refractivity contribution in [3.8, 4) is 10.4 Å². The zero-order valence-electron chi connectivity index (χ0n) is 17.2. The summed E-state index contributed by atoms with van der Waals surface area (Å²) < 4.78 is 80.7. The number of thiazole rings is 1. The lowest BCUT2D eigenvalue weighted by Gasteiger charge is -2.33. The number of nitrogens with one attached hydrogen (secondary N) is 1. The number of halogens is 6. The molecule has 3 N–H and O–H groups in total. The van der Waals surface area contributed by atoms with Crippen molar-refractivity contribution in [3.63, 3.8) is 0 Å². The molecule has 2 aromatic carbocycles. The number of alkyl halides is 6. The quantitative estimate of drug-likeness (QED) is 0.448. The van der Waals surface area contributed by atoms with Gasteiger partial charge in [0.2, 0.25) is 0 Å². The van der Waals surface area contributed by atoms with Crippen molar-refractivity contribution < 1.29 is 41.4 Å². The lowest BCUT2D eigenvalue weighted by molar-refractivity contribution is -0.375. The van der Waals surface area contributed by atoms with E-state index in [9.17, 15) is 41.4 Å². The maximum atomic E-state index is 13.4. The molecule has 178 valence electrons. The first-order valence-electron chi connectivity index (χ1n) is 9.41. The van der Waals surface area contributed by atoms with E-state index < -0.39 is 40.4 Å². The summed E-state index contributed by atoms with van der Waals surface area (Å²) in [7, 11) is 0. The number of nitrogens with zero attached hydrogens (tertiary/aromatic N) is 1. The van der Waals surface area contributed by atoms with E-state index >= 15 is 0 Å². The molecule has 0 radical (unpaired) electrons. The fourth-order valence-corrected chi connectivity index (χ4v) is 4.04. The Kier molecular flexibility index (Phi) is 6.24. The van der Waals surface area contributed by atoms with Crippen LogP contribution in [0.1, 0.15) is 29.2 Å². The van der Waals surface area contributed by atoms with Crippen LogP contribution in [0.25, 0.3) is 21.2 Å². The highest BCUT2D eigenvalue weighted by atomic mass is 32.1. The van der Waals surface area contributed by atoms with Crippen LogP contribution in [0, 0.1) is 0 Å². The van der Waals surface area contributed by atoms with E-state index in [4.69, 9.17) is 0 Å². The molecule has 0 spiro atoms. The van der Waals surface area contributed by atoms with Gasteiger partial charge in [0.25, 0.3) is 11.5 Å². The Hall–Kier alpha value is -2.70. The highest BCUT2D eigenvalue weighted by molar-refractivity contribution is 7.17. The number of fused-ring (bicyclic) bond motifs is 1. The molecule has 0 aliphatic heterocycles. The molecule has 12 heteroatoms. The second-order valence-electron chi connectivity index (χ2n) is 7.94. The SMILES string of the molecule is CC(C)(O)CNC(=O)c1ncc(-c2ccc(C(O)(C(F)(F)F)C(F)(F)F)c3ccccc23)s1. The number of aliphatic hydroxyl groups is 2. The van der Waals surface area contributed by atoms with Crippen LogP contribution in [0.5, 0.6) is 0 Å². The van der Waals surface area contributed by atoms with E-state index in [0.29, 0.717) is 10.9 Å². The molecule has 0 saturated heterocycles. The summed E-state index contributed by atoms with van der Waals surface area (Å²) >= 11 is 0.872. The molecule has 0 saturated carbocycles. The van der Waals surface area contributed by atoms with Gasteiger partial charge in [-0.2, -0.15) is 26.3 Å². The maximum absolute atomic E-state index is 13.4. The minimum absolute atomic E-state index is 0.00836. The smallest absolute Gasteiger partial charge is 0.389 e. The van der Waals surface area contributed by atoms with Gasteiger partial charge in [0.15, 0.2) is 5.01 Å². The zero-order valence-corrected chi connectivity index (χ0v) is 18.0. The third kappa shape index (κ3) is 4.68. The molecule has 0 aliphatic rings. The molecule has 33 heavy (non-hydrogen) atoms. The Morgan fingerprint density at radius 2 is 1.55 bits per heavy atom. The Balaban J connectivity index is 2.11. The standard InChI is InChI=1S/C21H18F6N2O3S/c1-18(2,31)10-29-16(30)17-28-9-15(33-17)13-7-8-14(12-6-4-3-5-11(12)13)19(32,20(22,23)24)21(25,26)27/h3-9,31-32H,10H2,1-2H3,(H,29,30). The molecule has 1 aromatic heterocycles. The number of hydrogen-bond donors (Lipinski definition) is 3. The monoisotopic (exact) mass is 492 g/mol. The molecule has 0 unspecified atom stereocenters. The highest BCUT2D eigenvalue weighted by Gasteiger charge is 2.71. The summed E-state index contributed by atoms with van der Waals surface area (Å²) in [4.78, 5) is 16.5. The molecule has 1 amide bonds. The summed E-state index contributed by atoms with van der Waals surface area (Å²) in [6, 6.07) is 6.64. The first-order valence-corrected chi connectivity index (χ1v) is 10.2. The number of benzene rings is 2. The van der Waals surface area contributed by atoms with Crippen molar-refractivity contribution in [1.29, 1.82) is 0 Å². The van der Waals surface area contributed by atoms with Crippen molar-refractivity contribution in [2.24, 2.45) is 0 Å². The van der Waals surface area contributed by atoms with Crippen molar-refractivity contribution in [2.45, 2.75) is 37.4 Å². The first-order chi connectivity index (χ1) is 15.1. The van der Waals surface area contributed by atoms with Gasteiger partial charge >= 0.3 is 12.4 Å². The van der Waals surface area contributed by atoms with Gasteiger partial charge in [-0.15, -0.1) is 11.3 Å². The lowest BCUT2D eigenvalue weighted by atomic mass is 9.86. The first kappa shape index (κ1) is 24.9. The Labute approximate surface area is 187 Å². The third-order valence-corrected chi connectivity index (χ3v) is 5.81. The normalized spacial score (nSPS) is 13.4. The molecule has 0 atom stereocenters. The average molecular weight is 492 g/mol. The molecule has 0 aliphatic carbocycles. The van der Waals surface area contributed by atoms with E-state index in [-0.39, 0.29) is 22.5 Å². The zero-order chi connectivity index (χ0) is 24.8. The van der Waals surface area contributed by atoms with Gasteiger partial charge in [0.1, 0.15) is 0 Å².